The number of fused-ring (bicyclic) bond motifs is 1. The largest absolute Gasteiger partial charge is 0.463 e. The van der Waals surface area contributed by atoms with Gasteiger partial charge in [-0.2, -0.15) is 0 Å². The van der Waals surface area contributed by atoms with Gasteiger partial charge in [0.15, 0.2) is 4.80 Å². The first-order valence-electron chi connectivity index (χ1n) is 9.40. The molecule has 0 bridgehead atoms. The second-order valence-corrected chi connectivity index (χ2v) is 7.81. The maximum Gasteiger partial charge on any atom is 0.338 e. The lowest BCUT2D eigenvalue weighted by atomic mass is 9.96. The highest BCUT2D eigenvalue weighted by Gasteiger charge is 2.33. The van der Waals surface area contributed by atoms with Gasteiger partial charge in [0, 0.05) is 6.08 Å². The van der Waals surface area contributed by atoms with Gasteiger partial charge in [-0.25, -0.2) is 14.2 Å². The highest BCUT2D eigenvalue weighted by Crippen LogP contribution is 2.30. The van der Waals surface area contributed by atoms with Gasteiger partial charge in [-0.15, -0.1) is 0 Å². The number of ether oxygens (including phenoxy) is 1. The van der Waals surface area contributed by atoms with Crippen LogP contribution in [0.25, 0.3) is 6.08 Å². The molecule has 0 saturated heterocycles. The predicted octanol–water partition coefficient (Wildman–Crippen LogP) is 2.84. The summed E-state index contributed by atoms with van der Waals surface area (Å²) in [4.78, 5) is 31.0. The van der Waals surface area contributed by atoms with E-state index in [1.54, 1.807) is 38.1 Å². The molecule has 1 aliphatic rings. The molecule has 0 spiro atoms. The molecule has 3 heterocycles. The van der Waals surface area contributed by atoms with Crippen LogP contribution in [-0.2, 0) is 9.53 Å². The Labute approximate surface area is 175 Å². The number of allylic oxidation sites excluding steroid dienone is 1. The molecule has 3 aromatic rings. The summed E-state index contributed by atoms with van der Waals surface area (Å²) in [6, 6.07) is 8.55. The Balaban J connectivity index is 1.96. The molecule has 0 amide bonds. The molecular weight excluding hydrogens is 407 g/mol. The monoisotopic (exact) mass is 426 g/mol. The summed E-state index contributed by atoms with van der Waals surface area (Å²) >= 11 is 1.21. The van der Waals surface area contributed by atoms with Gasteiger partial charge in [0.2, 0.25) is 0 Å². The summed E-state index contributed by atoms with van der Waals surface area (Å²) < 4.78 is 26.2. The minimum absolute atomic E-state index is 0.189. The summed E-state index contributed by atoms with van der Waals surface area (Å²) in [5.74, 6) is 0.331. The molecule has 1 aromatic carbocycles. The Bertz CT molecular complexity index is 1330. The summed E-state index contributed by atoms with van der Waals surface area (Å²) in [6.45, 7) is 5.42. The zero-order valence-electron chi connectivity index (χ0n) is 16.6. The summed E-state index contributed by atoms with van der Waals surface area (Å²) in [5.41, 5.74) is 1.01. The van der Waals surface area contributed by atoms with E-state index in [0.717, 1.165) is 5.76 Å². The van der Waals surface area contributed by atoms with Crippen LogP contribution in [0.3, 0.4) is 0 Å². The molecule has 8 heteroatoms. The molecule has 1 unspecified atom stereocenters. The lowest BCUT2D eigenvalue weighted by Crippen LogP contribution is -2.39. The van der Waals surface area contributed by atoms with Crippen LogP contribution < -0.4 is 14.9 Å². The minimum Gasteiger partial charge on any atom is -0.463 e. The van der Waals surface area contributed by atoms with Crippen molar-refractivity contribution in [2.45, 2.75) is 26.8 Å². The first-order chi connectivity index (χ1) is 14.4. The van der Waals surface area contributed by atoms with E-state index in [-0.39, 0.29) is 17.7 Å². The highest BCUT2D eigenvalue weighted by atomic mass is 32.1. The van der Waals surface area contributed by atoms with Gasteiger partial charge >= 0.3 is 5.97 Å². The van der Waals surface area contributed by atoms with Gasteiger partial charge in [-0.1, -0.05) is 23.5 Å². The van der Waals surface area contributed by atoms with Crippen LogP contribution in [0.1, 0.15) is 37.0 Å². The molecule has 2 aromatic heterocycles. The highest BCUT2D eigenvalue weighted by molar-refractivity contribution is 7.07. The van der Waals surface area contributed by atoms with Gasteiger partial charge in [-0.05, 0) is 50.6 Å². The molecule has 0 fully saturated rings. The van der Waals surface area contributed by atoms with Crippen molar-refractivity contribution in [1.82, 2.24) is 4.57 Å². The number of carbonyl (C=O) groups is 1. The molecule has 0 N–H and O–H groups in total. The predicted molar refractivity (Wildman–Crippen MR) is 110 cm³/mol. The number of thiazole rings is 1. The Morgan fingerprint density at radius 3 is 2.63 bits per heavy atom. The maximum atomic E-state index is 13.5. The number of furan rings is 1. The van der Waals surface area contributed by atoms with Gasteiger partial charge in [-0.3, -0.25) is 9.36 Å². The van der Waals surface area contributed by atoms with E-state index >= 15 is 0 Å². The van der Waals surface area contributed by atoms with Crippen molar-refractivity contribution in [2.75, 3.05) is 6.61 Å². The molecule has 1 atom stereocenters. The number of nitrogens with zero attached hydrogens (tertiary/aromatic N) is 2. The van der Waals surface area contributed by atoms with Crippen LogP contribution in [0.2, 0.25) is 0 Å². The first-order valence-corrected chi connectivity index (χ1v) is 10.2. The molecule has 30 heavy (non-hydrogen) atoms. The number of aryl methyl sites for hydroxylation is 1. The lowest BCUT2D eigenvalue weighted by molar-refractivity contribution is -0.139. The number of hydrogen-bond acceptors (Lipinski definition) is 6. The zero-order chi connectivity index (χ0) is 21.4. The average Bonchev–Trinajstić information content (AvgIpc) is 3.24. The molecule has 4 rings (SSSR count). The molecule has 154 valence electrons. The third-order valence-corrected chi connectivity index (χ3v) is 5.72. The van der Waals surface area contributed by atoms with Crippen LogP contribution in [-0.4, -0.2) is 17.1 Å². The SMILES string of the molecule is CCOC(=O)C1=C(C)N=c2s/c(=C\c3ccc(C)o3)c(=O)n2C1c1ccc(F)cc1. The number of aromatic nitrogens is 1. The molecule has 6 nitrogen and oxygen atoms in total. The van der Waals surface area contributed by atoms with Crippen LogP contribution in [0.15, 0.2) is 61.9 Å². The molecule has 0 radical (unpaired) electrons. The quantitative estimate of drug-likeness (QED) is 0.602. The van der Waals surface area contributed by atoms with Crippen molar-refractivity contribution in [2.24, 2.45) is 4.99 Å². The van der Waals surface area contributed by atoms with E-state index in [9.17, 15) is 14.0 Å². The summed E-state index contributed by atoms with van der Waals surface area (Å²) in [5, 5.41) is 0. The van der Waals surface area contributed by atoms with Gasteiger partial charge < -0.3 is 9.15 Å². The van der Waals surface area contributed by atoms with Crippen LogP contribution in [0, 0.1) is 12.7 Å². The van der Waals surface area contributed by atoms with E-state index in [4.69, 9.17) is 9.15 Å². The van der Waals surface area contributed by atoms with E-state index in [1.165, 1.54) is 28.0 Å². The standard InChI is InChI=1S/C22H19FN2O4S/c1-4-28-21(27)18-13(3)24-22-25(19(18)14-6-8-15(23)9-7-14)20(26)17(30-22)11-16-10-5-12(2)29-16/h5-11,19H,4H2,1-3H3/b17-11-. The molecule has 0 saturated carbocycles. The third kappa shape index (κ3) is 3.54. The Hall–Kier alpha value is -3.26. The number of benzene rings is 1. The number of hydrogen-bond donors (Lipinski definition) is 0. The van der Waals surface area contributed by atoms with Crippen molar-refractivity contribution >= 4 is 23.4 Å². The van der Waals surface area contributed by atoms with Crippen LogP contribution in [0.4, 0.5) is 4.39 Å². The van der Waals surface area contributed by atoms with Gasteiger partial charge in [0.25, 0.3) is 5.56 Å². The normalized spacial score (nSPS) is 16.4. The Kier molecular flexibility index (Phi) is 5.26. The van der Waals surface area contributed by atoms with Crippen LogP contribution in [0.5, 0.6) is 0 Å². The molecular formula is C22H19FN2O4S. The zero-order valence-corrected chi connectivity index (χ0v) is 17.5. The fraction of sp³-hybridized carbons (Fsp3) is 0.227. The summed E-state index contributed by atoms with van der Waals surface area (Å²) in [7, 11) is 0. The maximum absolute atomic E-state index is 13.5. The fourth-order valence-electron chi connectivity index (χ4n) is 3.41. The van der Waals surface area contributed by atoms with E-state index in [1.807, 2.05) is 13.0 Å². The molecule has 1 aliphatic heterocycles. The lowest BCUT2D eigenvalue weighted by Gasteiger charge is -2.24. The number of rotatable bonds is 4. The minimum atomic E-state index is -0.763. The van der Waals surface area contributed by atoms with Crippen molar-refractivity contribution < 1.29 is 18.3 Å². The van der Waals surface area contributed by atoms with E-state index in [2.05, 4.69) is 4.99 Å². The van der Waals surface area contributed by atoms with E-state index in [0.29, 0.717) is 26.4 Å². The number of carbonyl (C=O) groups excluding carboxylic acids is 1. The van der Waals surface area contributed by atoms with E-state index < -0.39 is 17.8 Å². The van der Waals surface area contributed by atoms with Crippen molar-refractivity contribution in [3.63, 3.8) is 0 Å². The average molecular weight is 426 g/mol. The van der Waals surface area contributed by atoms with Crippen molar-refractivity contribution in [3.8, 4) is 0 Å². The van der Waals surface area contributed by atoms with Crippen molar-refractivity contribution in [3.05, 3.63) is 90.3 Å². The number of esters is 1. The Morgan fingerprint density at radius 1 is 1.27 bits per heavy atom. The summed E-state index contributed by atoms with van der Waals surface area (Å²) in [6.07, 6.45) is 1.65. The van der Waals surface area contributed by atoms with Crippen molar-refractivity contribution in [1.29, 1.82) is 0 Å². The Morgan fingerprint density at radius 2 is 2.00 bits per heavy atom. The second-order valence-electron chi connectivity index (χ2n) is 6.80. The topological polar surface area (TPSA) is 73.8 Å². The van der Waals surface area contributed by atoms with Gasteiger partial charge in [0.1, 0.15) is 17.3 Å². The smallest absolute Gasteiger partial charge is 0.338 e. The fourth-order valence-corrected chi connectivity index (χ4v) is 4.44. The molecule has 0 aliphatic carbocycles. The third-order valence-electron chi connectivity index (χ3n) is 4.74. The second kappa shape index (κ2) is 7.87. The number of halogens is 1. The van der Waals surface area contributed by atoms with Gasteiger partial charge in [0.05, 0.1) is 28.5 Å². The van der Waals surface area contributed by atoms with Crippen LogP contribution >= 0.6 is 11.3 Å². The first kappa shape index (κ1) is 20.0.